The maximum atomic E-state index is 13.0. The lowest BCUT2D eigenvalue weighted by molar-refractivity contribution is -0.152. The summed E-state index contributed by atoms with van der Waals surface area (Å²) in [6.07, 6.45) is 2.16. The summed E-state index contributed by atoms with van der Waals surface area (Å²) < 4.78 is 37.9. The SMILES string of the molecule is CCOC(=O)C1CCN(C(=O)C2CCN(S(=O)(=O)c3ccc(OCC)c(Cl)c3)CC2)CC1. The van der Waals surface area contributed by atoms with Crippen LogP contribution in [0.3, 0.4) is 0 Å². The van der Waals surface area contributed by atoms with Gasteiger partial charge in [-0.1, -0.05) is 11.6 Å². The van der Waals surface area contributed by atoms with E-state index in [1.807, 2.05) is 6.92 Å². The average Bonchev–Trinajstić information content (AvgIpc) is 2.80. The molecule has 0 radical (unpaired) electrons. The summed E-state index contributed by atoms with van der Waals surface area (Å²) in [7, 11) is -3.70. The van der Waals surface area contributed by atoms with Crippen molar-refractivity contribution in [3.8, 4) is 5.75 Å². The molecule has 3 rings (SSSR count). The second-order valence-corrected chi connectivity index (χ2v) is 10.4. The van der Waals surface area contributed by atoms with Gasteiger partial charge in [0.2, 0.25) is 15.9 Å². The third-order valence-corrected chi connectivity index (χ3v) is 8.26. The zero-order valence-electron chi connectivity index (χ0n) is 18.6. The lowest BCUT2D eigenvalue weighted by atomic mass is 9.92. The molecule has 1 aromatic carbocycles. The summed E-state index contributed by atoms with van der Waals surface area (Å²) >= 11 is 6.16. The van der Waals surface area contributed by atoms with Crippen molar-refractivity contribution in [1.29, 1.82) is 0 Å². The quantitative estimate of drug-likeness (QED) is 0.550. The summed E-state index contributed by atoms with van der Waals surface area (Å²) in [6.45, 7) is 6.04. The fraction of sp³-hybridized carbons (Fsp3) is 0.636. The second-order valence-electron chi connectivity index (χ2n) is 8.06. The molecule has 0 saturated carbocycles. The Labute approximate surface area is 194 Å². The number of halogens is 1. The molecule has 1 amide bonds. The molecule has 2 aliphatic rings. The van der Waals surface area contributed by atoms with E-state index < -0.39 is 10.0 Å². The Bertz CT molecular complexity index is 922. The van der Waals surface area contributed by atoms with Crippen molar-refractivity contribution in [2.75, 3.05) is 39.4 Å². The highest BCUT2D eigenvalue weighted by atomic mass is 35.5. The molecule has 0 unspecified atom stereocenters. The number of sulfonamides is 1. The van der Waals surface area contributed by atoms with E-state index in [2.05, 4.69) is 0 Å². The molecule has 10 heteroatoms. The van der Waals surface area contributed by atoms with Crippen LogP contribution in [0, 0.1) is 11.8 Å². The number of likely N-dealkylation sites (tertiary alicyclic amines) is 1. The van der Waals surface area contributed by atoms with Gasteiger partial charge in [0.1, 0.15) is 5.75 Å². The number of carbonyl (C=O) groups is 2. The van der Waals surface area contributed by atoms with E-state index in [1.54, 1.807) is 17.9 Å². The molecule has 2 aliphatic heterocycles. The van der Waals surface area contributed by atoms with E-state index in [0.29, 0.717) is 57.7 Å². The van der Waals surface area contributed by atoms with E-state index >= 15 is 0 Å². The van der Waals surface area contributed by atoms with Crippen LogP contribution in [0.2, 0.25) is 5.02 Å². The minimum Gasteiger partial charge on any atom is -0.492 e. The molecule has 1 aromatic rings. The number of benzene rings is 1. The van der Waals surface area contributed by atoms with Crippen LogP contribution in [-0.4, -0.2) is 68.9 Å². The third kappa shape index (κ3) is 5.55. The summed E-state index contributed by atoms with van der Waals surface area (Å²) in [4.78, 5) is 26.8. The van der Waals surface area contributed by atoms with Crippen LogP contribution in [0.1, 0.15) is 39.5 Å². The van der Waals surface area contributed by atoms with Gasteiger partial charge in [0.05, 0.1) is 29.0 Å². The topological polar surface area (TPSA) is 93.2 Å². The summed E-state index contributed by atoms with van der Waals surface area (Å²) in [5, 5.41) is 0.254. The van der Waals surface area contributed by atoms with Gasteiger partial charge in [-0.25, -0.2) is 8.42 Å². The molecule has 0 atom stereocenters. The Balaban J connectivity index is 1.55. The molecule has 32 heavy (non-hydrogen) atoms. The minimum absolute atomic E-state index is 0.0495. The lowest BCUT2D eigenvalue weighted by Crippen LogP contribution is -2.47. The Hall–Kier alpha value is -1.84. The van der Waals surface area contributed by atoms with Crippen LogP contribution in [0.4, 0.5) is 0 Å². The number of piperidine rings is 2. The standard InChI is InChI=1S/C22H31ClN2O6S/c1-3-30-20-6-5-18(15-19(20)23)32(28,29)25-13-9-16(10-14-25)21(26)24-11-7-17(8-12-24)22(27)31-4-2/h5-6,15-17H,3-4,7-14H2,1-2H3. The first kappa shape index (κ1) is 24.8. The normalized spacial score (nSPS) is 19.0. The summed E-state index contributed by atoms with van der Waals surface area (Å²) in [6, 6.07) is 4.47. The van der Waals surface area contributed by atoms with Gasteiger partial charge in [0.15, 0.2) is 0 Å². The van der Waals surface area contributed by atoms with Crippen LogP contribution in [0.5, 0.6) is 5.75 Å². The Morgan fingerprint density at radius 2 is 1.62 bits per heavy atom. The molecule has 2 fully saturated rings. The molecular formula is C22H31ClN2O6S. The van der Waals surface area contributed by atoms with Crippen molar-refractivity contribution in [3.05, 3.63) is 23.2 Å². The zero-order chi connectivity index (χ0) is 23.3. The molecule has 8 nitrogen and oxygen atoms in total. The molecule has 0 aliphatic carbocycles. The van der Waals surface area contributed by atoms with Crippen LogP contribution in [0.15, 0.2) is 23.1 Å². The van der Waals surface area contributed by atoms with E-state index in [1.165, 1.54) is 16.4 Å². The molecule has 0 aromatic heterocycles. The van der Waals surface area contributed by atoms with Crippen molar-refractivity contribution in [1.82, 2.24) is 9.21 Å². The summed E-state index contributed by atoms with van der Waals surface area (Å²) in [5.41, 5.74) is 0. The minimum atomic E-state index is -3.70. The number of hydrogen-bond acceptors (Lipinski definition) is 6. The van der Waals surface area contributed by atoms with Gasteiger partial charge in [-0.3, -0.25) is 9.59 Å². The van der Waals surface area contributed by atoms with Gasteiger partial charge in [0.25, 0.3) is 0 Å². The zero-order valence-corrected chi connectivity index (χ0v) is 20.2. The van der Waals surface area contributed by atoms with Crippen molar-refractivity contribution in [3.63, 3.8) is 0 Å². The monoisotopic (exact) mass is 486 g/mol. The highest BCUT2D eigenvalue weighted by Crippen LogP contribution is 2.31. The number of nitrogens with zero attached hydrogens (tertiary/aromatic N) is 2. The highest BCUT2D eigenvalue weighted by molar-refractivity contribution is 7.89. The molecule has 0 bridgehead atoms. The fourth-order valence-electron chi connectivity index (χ4n) is 4.26. The van der Waals surface area contributed by atoms with Gasteiger partial charge >= 0.3 is 5.97 Å². The largest absolute Gasteiger partial charge is 0.492 e. The molecule has 0 spiro atoms. The Kier molecular flexibility index (Phi) is 8.41. The summed E-state index contributed by atoms with van der Waals surface area (Å²) in [5.74, 6) is -0.0402. The van der Waals surface area contributed by atoms with Crippen LogP contribution >= 0.6 is 11.6 Å². The number of esters is 1. The Morgan fingerprint density at radius 1 is 1.00 bits per heavy atom. The van der Waals surface area contributed by atoms with Gasteiger partial charge in [-0.05, 0) is 57.7 Å². The molecule has 178 valence electrons. The Morgan fingerprint density at radius 3 is 2.19 bits per heavy atom. The van der Waals surface area contributed by atoms with Crippen LogP contribution < -0.4 is 4.74 Å². The van der Waals surface area contributed by atoms with Crippen molar-refractivity contribution >= 4 is 33.5 Å². The number of rotatable bonds is 7. The number of carbonyl (C=O) groups excluding carboxylic acids is 2. The lowest BCUT2D eigenvalue weighted by Gasteiger charge is -2.36. The van der Waals surface area contributed by atoms with Crippen molar-refractivity contribution < 1.29 is 27.5 Å². The van der Waals surface area contributed by atoms with Crippen LogP contribution in [-0.2, 0) is 24.3 Å². The van der Waals surface area contributed by atoms with Crippen molar-refractivity contribution in [2.45, 2.75) is 44.4 Å². The van der Waals surface area contributed by atoms with Crippen LogP contribution in [0.25, 0.3) is 0 Å². The number of hydrogen-bond donors (Lipinski definition) is 0. The number of ether oxygens (including phenoxy) is 2. The van der Waals surface area contributed by atoms with E-state index in [9.17, 15) is 18.0 Å². The second kappa shape index (κ2) is 10.9. The first-order valence-electron chi connectivity index (χ1n) is 11.2. The molecular weight excluding hydrogens is 456 g/mol. The van der Waals surface area contributed by atoms with E-state index in [4.69, 9.17) is 21.1 Å². The van der Waals surface area contributed by atoms with Gasteiger partial charge in [-0.15, -0.1) is 0 Å². The van der Waals surface area contributed by atoms with Gasteiger partial charge in [-0.2, -0.15) is 4.31 Å². The van der Waals surface area contributed by atoms with Gasteiger partial charge in [0, 0.05) is 32.1 Å². The first-order chi connectivity index (χ1) is 15.3. The predicted octanol–water partition coefficient (Wildman–Crippen LogP) is 2.94. The molecule has 2 saturated heterocycles. The molecule has 2 heterocycles. The maximum Gasteiger partial charge on any atom is 0.309 e. The first-order valence-corrected chi connectivity index (χ1v) is 13.0. The maximum absolute atomic E-state index is 13.0. The fourth-order valence-corrected chi connectivity index (χ4v) is 6.06. The van der Waals surface area contributed by atoms with Crippen molar-refractivity contribution in [2.24, 2.45) is 11.8 Å². The third-order valence-electron chi connectivity index (χ3n) is 6.07. The average molecular weight is 487 g/mol. The van der Waals surface area contributed by atoms with E-state index in [0.717, 1.165) is 0 Å². The smallest absolute Gasteiger partial charge is 0.309 e. The van der Waals surface area contributed by atoms with E-state index in [-0.39, 0.29) is 46.7 Å². The highest BCUT2D eigenvalue weighted by Gasteiger charge is 2.36. The number of amides is 1. The predicted molar refractivity (Wildman–Crippen MR) is 120 cm³/mol. The molecule has 0 N–H and O–H groups in total. The van der Waals surface area contributed by atoms with Gasteiger partial charge < -0.3 is 14.4 Å².